The van der Waals surface area contributed by atoms with Gasteiger partial charge in [0.15, 0.2) is 0 Å². The van der Waals surface area contributed by atoms with Gasteiger partial charge in [-0.15, -0.1) is 0 Å². The quantitative estimate of drug-likeness (QED) is 0.711. The molecule has 2 aromatic heterocycles. The number of rotatable bonds is 5. The number of pyridine rings is 1. The third-order valence-corrected chi connectivity index (χ3v) is 6.13. The molecule has 2 saturated carbocycles. The standard InChI is InChI=1S/C21H17F2N5O/c22-19(23)28-10-13(8-26-28)5-18(29)27-17-7-15-6-16(2-1-14(15)9-25-17)21(12-24)11-20(21)3-4-20/h1-2,6-10,19H,3-5,11H2,(H,25,27,29)/t21-/m0/s1. The third kappa shape index (κ3) is 2.85. The van der Waals surface area contributed by atoms with Crippen LogP contribution in [0.15, 0.2) is 42.9 Å². The highest BCUT2D eigenvalue weighted by molar-refractivity contribution is 5.94. The number of anilines is 1. The number of nitriles is 1. The SMILES string of the molecule is N#C[C@]1(c2ccc3cnc(NC(=O)Cc4cnn(C(F)F)c4)cc3c2)CC12CC2. The molecule has 0 unspecified atom stereocenters. The molecule has 5 rings (SSSR count). The van der Waals surface area contributed by atoms with Gasteiger partial charge in [-0.25, -0.2) is 9.67 Å². The van der Waals surface area contributed by atoms with Crippen molar-refractivity contribution in [1.29, 1.82) is 5.26 Å². The number of amides is 1. The molecule has 0 saturated heterocycles. The van der Waals surface area contributed by atoms with Crippen molar-refractivity contribution in [3.05, 3.63) is 54.0 Å². The van der Waals surface area contributed by atoms with E-state index in [0.29, 0.717) is 16.1 Å². The zero-order chi connectivity index (χ0) is 20.2. The molecule has 1 aromatic carbocycles. The maximum absolute atomic E-state index is 12.6. The summed E-state index contributed by atoms with van der Waals surface area (Å²) in [6.45, 7) is -2.74. The molecular formula is C21H17F2N5O. The first-order valence-corrected chi connectivity index (χ1v) is 9.37. The highest BCUT2D eigenvalue weighted by Gasteiger charge is 2.75. The Balaban J connectivity index is 1.35. The van der Waals surface area contributed by atoms with Crippen LogP contribution in [-0.2, 0) is 16.6 Å². The van der Waals surface area contributed by atoms with E-state index in [9.17, 15) is 18.8 Å². The van der Waals surface area contributed by atoms with Gasteiger partial charge in [0.05, 0.1) is 24.1 Å². The van der Waals surface area contributed by atoms with E-state index in [2.05, 4.69) is 21.5 Å². The van der Waals surface area contributed by atoms with Crippen LogP contribution in [0.3, 0.4) is 0 Å². The van der Waals surface area contributed by atoms with E-state index in [1.807, 2.05) is 18.2 Å². The van der Waals surface area contributed by atoms with E-state index in [0.717, 1.165) is 41.8 Å². The lowest BCUT2D eigenvalue weighted by Gasteiger charge is -2.11. The number of nitrogens with one attached hydrogen (secondary N) is 1. The van der Waals surface area contributed by atoms with Crippen molar-refractivity contribution in [2.45, 2.75) is 37.6 Å². The summed E-state index contributed by atoms with van der Waals surface area (Å²) in [4.78, 5) is 16.5. The molecule has 0 bridgehead atoms. The summed E-state index contributed by atoms with van der Waals surface area (Å²) in [7, 11) is 0. The molecule has 2 aliphatic carbocycles. The third-order valence-electron chi connectivity index (χ3n) is 6.13. The predicted octanol–water partition coefficient (Wildman–Crippen LogP) is 3.95. The van der Waals surface area contributed by atoms with Crippen LogP contribution < -0.4 is 5.32 Å². The molecule has 1 N–H and O–H groups in total. The number of carbonyl (C=O) groups excluding carboxylic acids is 1. The van der Waals surface area contributed by atoms with Crippen molar-refractivity contribution < 1.29 is 13.6 Å². The van der Waals surface area contributed by atoms with Gasteiger partial charge in [-0.1, -0.05) is 12.1 Å². The Labute approximate surface area is 165 Å². The number of halogens is 2. The van der Waals surface area contributed by atoms with Crippen molar-refractivity contribution in [3.8, 4) is 6.07 Å². The summed E-state index contributed by atoms with van der Waals surface area (Å²) in [5.74, 6) is 0.0123. The van der Waals surface area contributed by atoms with Gasteiger partial charge in [0.25, 0.3) is 0 Å². The number of carbonyl (C=O) groups is 1. The zero-order valence-corrected chi connectivity index (χ0v) is 15.4. The maximum Gasteiger partial charge on any atom is 0.333 e. The Morgan fingerprint density at radius 1 is 1.28 bits per heavy atom. The van der Waals surface area contributed by atoms with E-state index < -0.39 is 6.55 Å². The molecule has 29 heavy (non-hydrogen) atoms. The summed E-state index contributed by atoms with van der Waals surface area (Å²) < 4.78 is 25.7. The van der Waals surface area contributed by atoms with Gasteiger partial charge in [-0.3, -0.25) is 4.79 Å². The fourth-order valence-electron chi connectivity index (χ4n) is 4.27. The lowest BCUT2D eigenvalue weighted by Crippen LogP contribution is -2.15. The molecule has 2 aliphatic rings. The van der Waals surface area contributed by atoms with Crippen molar-refractivity contribution in [1.82, 2.24) is 14.8 Å². The van der Waals surface area contributed by atoms with Gasteiger partial charge in [0.1, 0.15) is 5.82 Å². The molecule has 0 radical (unpaired) electrons. The van der Waals surface area contributed by atoms with Gasteiger partial charge >= 0.3 is 6.55 Å². The summed E-state index contributed by atoms with van der Waals surface area (Å²) in [6, 6.07) is 10.3. The highest BCUT2D eigenvalue weighted by Crippen LogP contribution is 2.78. The van der Waals surface area contributed by atoms with Crippen LogP contribution in [0.5, 0.6) is 0 Å². The monoisotopic (exact) mass is 393 g/mol. The minimum atomic E-state index is -2.74. The van der Waals surface area contributed by atoms with Crippen LogP contribution in [0.1, 0.15) is 36.9 Å². The van der Waals surface area contributed by atoms with Gasteiger partial charge in [0.2, 0.25) is 5.91 Å². The van der Waals surface area contributed by atoms with Gasteiger partial charge in [-0.05, 0) is 53.3 Å². The lowest BCUT2D eigenvalue weighted by molar-refractivity contribution is -0.115. The molecule has 6 nitrogen and oxygen atoms in total. The number of hydrogen-bond acceptors (Lipinski definition) is 4. The first-order valence-electron chi connectivity index (χ1n) is 9.37. The smallest absolute Gasteiger partial charge is 0.310 e. The molecule has 2 fully saturated rings. The Kier molecular flexibility index (Phi) is 3.72. The van der Waals surface area contributed by atoms with E-state index in [-0.39, 0.29) is 23.2 Å². The predicted molar refractivity (Wildman–Crippen MR) is 101 cm³/mol. The van der Waals surface area contributed by atoms with E-state index in [1.165, 1.54) is 6.20 Å². The van der Waals surface area contributed by atoms with Gasteiger partial charge in [-0.2, -0.15) is 19.1 Å². The van der Waals surface area contributed by atoms with Crippen LogP contribution in [0.25, 0.3) is 10.8 Å². The fraction of sp³-hybridized carbons (Fsp3) is 0.333. The minimum absolute atomic E-state index is 0.0768. The molecule has 0 aliphatic heterocycles. The number of hydrogen-bond donors (Lipinski definition) is 1. The van der Waals surface area contributed by atoms with Crippen LogP contribution in [0, 0.1) is 16.7 Å². The second-order valence-electron chi connectivity index (χ2n) is 7.94. The van der Waals surface area contributed by atoms with E-state index >= 15 is 0 Å². The van der Waals surface area contributed by atoms with Crippen molar-refractivity contribution in [2.75, 3.05) is 5.32 Å². The highest BCUT2D eigenvalue weighted by atomic mass is 19.3. The zero-order valence-electron chi connectivity index (χ0n) is 15.4. The van der Waals surface area contributed by atoms with Crippen LogP contribution in [0.4, 0.5) is 14.6 Å². The normalized spacial score (nSPS) is 21.3. The number of alkyl halides is 2. The number of aromatic nitrogens is 3. The summed E-state index contributed by atoms with van der Waals surface area (Å²) in [6.07, 6.45) is 7.13. The first-order chi connectivity index (χ1) is 13.9. The minimum Gasteiger partial charge on any atom is -0.310 e. The molecule has 1 spiro atoms. The second-order valence-corrected chi connectivity index (χ2v) is 7.94. The molecule has 1 atom stereocenters. The molecule has 2 heterocycles. The summed E-state index contributed by atoms with van der Waals surface area (Å²) >= 11 is 0. The van der Waals surface area contributed by atoms with Crippen molar-refractivity contribution in [2.24, 2.45) is 5.41 Å². The summed E-state index contributed by atoms with van der Waals surface area (Å²) in [5, 5.41) is 17.8. The average Bonchev–Trinajstić information content (AvgIpc) is 3.57. The van der Waals surface area contributed by atoms with E-state index in [1.54, 1.807) is 12.3 Å². The molecular weight excluding hydrogens is 376 g/mol. The van der Waals surface area contributed by atoms with Crippen molar-refractivity contribution >= 4 is 22.5 Å². The van der Waals surface area contributed by atoms with Gasteiger partial charge < -0.3 is 5.32 Å². The Hall–Kier alpha value is -3.34. The maximum atomic E-state index is 12.6. The number of nitrogens with zero attached hydrogens (tertiary/aromatic N) is 4. The molecule has 3 aromatic rings. The molecule has 1 amide bonds. The Morgan fingerprint density at radius 3 is 2.76 bits per heavy atom. The Morgan fingerprint density at radius 2 is 2.10 bits per heavy atom. The lowest BCUT2D eigenvalue weighted by atomic mass is 9.92. The van der Waals surface area contributed by atoms with Crippen LogP contribution >= 0.6 is 0 Å². The average molecular weight is 393 g/mol. The Bertz CT molecular complexity index is 1180. The van der Waals surface area contributed by atoms with Crippen LogP contribution in [0.2, 0.25) is 0 Å². The largest absolute Gasteiger partial charge is 0.333 e. The molecule has 146 valence electrons. The van der Waals surface area contributed by atoms with E-state index in [4.69, 9.17) is 0 Å². The van der Waals surface area contributed by atoms with Gasteiger partial charge in [0, 0.05) is 17.8 Å². The second kappa shape index (κ2) is 6.08. The summed E-state index contributed by atoms with van der Waals surface area (Å²) in [5.41, 5.74) is 1.22. The topological polar surface area (TPSA) is 83.6 Å². The van der Waals surface area contributed by atoms with Crippen LogP contribution in [-0.4, -0.2) is 20.7 Å². The van der Waals surface area contributed by atoms with Crippen molar-refractivity contribution in [3.63, 3.8) is 0 Å². The number of benzene rings is 1. The first kappa shape index (κ1) is 17.7. The fourth-order valence-corrected chi connectivity index (χ4v) is 4.27. The molecule has 8 heteroatoms. The number of fused-ring (bicyclic) bond motifs is 1.